The van der Waals surface area contributed by atoms with E-state index >= 15 is 0 Å². The molecule has 0 aliphatic heterocycles. The van der Waals surface area contributed by atoms with Crippen LogP contribution >= 0.6 is 0 Å². The van der Waals surface area contributed by atoms with E-state index < -0.39 is 6.10 Å². The van der Waals surface area contributed by atoms with Crippen molar-refractivity contribution in [2.24, 2.45) is 0 Å². The molecule has 1 N–H and O–H groups in total. The molecule has 5 nitrogen and oxygen atoms in total. The third-order valence-electron chi connectivity index (χ3n) is 4.17. The lowest BCUT2D eigenvalue weighted by Gasteiger charge is -2.14. The van der Waals surface area contributed by atoms with E-state index in [1.54, 1.807) is 12.5 Å². The van der Waals surface area contributed by atoms with Gasteiger partial charge in [-0.2, -0.15) is 0 Å². The molecule has 0 radical (unpaired) electrons. The Balaban J connectivity index is 1.79. The minimum absolute atomic E-state index is 0.474. The number of benzene rings is 1. The van der Waals surface area contributed by atoms with Crippen LogP contribution in [0.3, 0.4) is 0 Å². The zero-order valence-electron chi connectivity index (χ0n) is 13.3. The smallest absolute Gasteiger partial charge is 0.108 e. The number of hydrogen-bond donors (Lipinski definition) is 1. The number of nitrogens with zero attached hydrogens (tertiary/aromatic N) is 4. The summed E-state index contributed by atoms with van der Waals surface area (Å²) in [7, 11) is 0. The zero-order chi connectivity index (χ0) is 15.7. The van der Waals surface area contributed by atoms with Crippen molar-refractivity contribution in [1.82, 2.24) is 19.1 Å². The van der Waals surface area contributed by atoms with E-state index in [2.05, 4.69) is 42.9 Å². The van der Waals surface area contributed by atoms with E-state index in [1.165, 1.54) is 11.1 Å². The number of hydrogen-bond acceptors (Lipinski definition) is 3. The second-order valence-electron chi connectivity index (χ2n) is 5.83. The van der Waals surface area contributed by atoms with E-state index in [0.29, 0.717) is 13.1 Å². The summed E-state index contributed by atoms with van der Waals surface area (Å²) in [4.78, 5) is 8.73. The molecule has 1 aromatic carbocycles. The van der Waals surface area contributed by atoms with E-state index in [1.807, 2.05) is 15.3 Å². The zero-order valence-corrected chi connectivity index (χ0v) is 13.3. The van der Waals surface area contributed by atoms with Crippen molar-refractivity contribution in [2.45, 2.75) is 46.4 Å². The van der Waals surface area contributed by atoms with Crippen LogP contribution in [0.1, 0.15) is 23.9 Å². The molecule has 0 fully saturated rings. The summed E-state index contributed by atoms with van der Waals surface area (Å²) in [5.41, 5.74) is 4.53. The first kappa shape index (κ1) is 14.8. The Hall–Kier alpha value is -2.14. The molecule has 5 heteroatoms. The van der Waals surface area contributed by atoms with Gasteiger partial charge in [-0.3, -0.25) is 0 Å². The second-order valence-corrected chi connectivity index (χ2v) is 5.83. The molecule has 0 aliphatic carbocycles. The molecule has 2 aromatic heterocycles. The first-order valence-corrected chi connectivity index (χ1v) is 7.68. The fraction of sp³-hybridized carbons (Fsp3) is 0.412. The second kappa shape index (κ2) is 5.93. The van der Waals surface area contributed by atoms with Crippen LogP contribution in [0.4, 0.5) is 0 Å². The average molecular weight is 298 g/mol. The van der Waals surface area contributed by atoms with Gasteiger partial charge in [0, 0.05) is 18.8 Å². The first-order valence-electron chi connectivity index (χ1n) is 7.68. The molecule has 1 atom stereocenters. The van der Waals surface area contributed by atoms with Crippen LogP contribution < -0.4 is 0 Å². The van der Waals surface area contributed by atoms with Gasteiger partial charge in [-0.15, -0.1) is 0 Å². The normalized spacial score (nSPS) is 12.9. The topological polar surface area (TPSA) is 55.9 Å². The number of aliphatic hydroxyl groups excluding tert-OH is 1. The summed E-state index contributed by atoms with van der Waals surface area (Å²) in [5.74, 6) is 1.00. The van der Waals surface area contributed by atoms with Crippen molar-refractivity contribution in [2.75, 3.05) is 0 Å². The lowest BCUT2D eigenvalue weighted by molar-refractivity contribution is 0.134. The molecule has 0 aliphatic rings. The summed E-state index contributed by atoms with van der Waals surface area (Å²) >= 11 is 0. The summed E-state index contributed by atoms with van der Waals surface area (Å²) in [5, 5.41) is 10.4. The Morgan fingerprint density at radius 2 is 1.82 bits per heavy atom. The van der Waals surface area contributed by atoms with Gasteiger partial charge in [-0.25, -0.2) is 9.97 Å². The molecule has 3 rings (SSSR count). The minimum Gasteiger partial charge on any atom is -0.389 e. The lowest BCUT2D eigenvalue weighted by Crippen LogP contribution is -2.22. The molecule has 0 saturated heterocycles. The van der Waals surface area contributed by atoms with E-state index in [0.717, 1.165) is 23.3 Å². The van der Waals surface area contributed by atoms with Crippen molar-refractivity contribution >= 4 is 11.0 Å². The predicted octanol–water partition coefficient (Wildman–Crippen LogP) is 2.47. The lowest BCUT2D eigenvalue weighted by atomic mass is 10.1. The maximum absolute atomic E-state index is 10.4. The van der Waals surface area contributed by atoms with E-state index in [-0.39, 0.29) is 0 Å². The highest BCUT2D eigenvalue weighted by molar-refractivity contribution is 5.77. The molecule has 0 spiro atoms. The monoisotopic (exact) mass is 298 g/mol. The van der Waals surface area contributed by atoms with Crippen molar-refractivity contribution in [3.8, 4) is 0 Å². The fourth-order valence-corrected chi connectivity index (χ4v) is 2.79. The number of aryl methyl sites for hydroxylation is 3. The van der Waals surface area contributed by atoms with Crippen LogP contribution in [0.25, 0.3) is 11.0 Å². The third-order valence-corrected chi connectivity index (χ3v) is 4.17. The molecule has 0 saturated carbocycles. The molecule has 0 amide bonds. The minimum atomic E-state index is -0.474. The molecular formula is C17H22N4O. The molecule has 116 valence electrons. The molecular weight excluding hydrogens is 276 g/mol. The highest BCUT2D eigenvalue weighted by atomic mass is 16.3. The summed E-state index contributed by atoms with van der Waals surface area (Å²) in [6, 6.07) is 4.23. The summed E-state index contributed by atoms with van der Waals surface area (Å²) in [6.07, 6.45) is 5.90. The maximum Gasteiger partial charge on any atom is 0.108 e. The van der Waals surface area contributed by atoms with Crippen LogP contribution in [0.15, 0.2) is 30.9 Å². The van der Waals surface area contributed by atoms with Gasteiger partial charge in [0.25, 0.3) is 0 Å². The van der Waals surface area contributed by atoms with Gasteiger partial charge in [0.1, 0.15) is 5.82 Å². The molecule has 0 bridgehead atoms. The van der Waals surface area contributed by atoms with Gasteiger partial charge < -0.3 is 14.2 Å². The van der Waals surface area contributed by atoms with Gasteiger partial charge in [0.05, 0.1) is 36.6 Å². The average Bonchev–Trinajstić information content (AvgIpc) is 3.07. The van der Waals surface area contributed by atoms with Crippen molar-refractivity contribution in [3.63, 3.8) is 0 Å². The Bertz CT molecular complexity index is 787. The van der Waals surface area contributed by atoms with Gasteiger partial charge >= 0.3 is 0 Å². The van der Waals surface area contributed by atoms with Crippen LogP contribution in [-0.2, 0) is 19.5 Å². The standard InChI is InChI=1S/C17H22N4O/c1-4-17-18-5-6-20(17)9-14(22)10-21-11-19-15-7-12(2)13(3)8-16(15)21/h5-8,11,14,22H,4,9-10H2,1-3H3. The summed E-state index contributed by atoms with van der Waals surface area (Å²) in [6.45, 7) is 7.34. The van der Waals surface area contributed by atoms with E-state index in [9.17, 15) is 5.11 Å². The number of aromatic nitrogens is 4. The number of aliphatic hydroxyl groups is 1. The Labute approximate surface area is 130 Å². The maximum atomic E-state index is 10.4. The number of rotatable bonds is 5. The quantitative estimate of drug-likeness (QED) is 0.787. The van der Waals surface area contributed by atoms with Crippen LogP contribution in [0, 0.1) is 13.8 Å². The van der Waals surface area contributed by atoms with Gasteiger partial charge in [-0.1, -0.05) is 6.92 Å². The van der Waals surface area contributed by atoms with Crippen molar-refractivity contribution in [1.29, 1.82) is 0 Å². The van der Waals surface area contributed by atoms with Crippen LogP contribution in [0.2, 0.25) is 0 Å². The Morgan fingerprint density at radius 3 is 2.59 bits per heavy atom. The molecule has 3 aromatic rings. The Kier molecular flexibility index (Phi) is 3.98. The van der Waals surface area contributed by atoms with Crippen molar-refractivity contribution in [3.05, 3.63) is 47.8 Å². The van der Waals surface area contributed by atoms with Gasteiger partial charge in [-0.05, 0) is 37.1 Å². The van der Waals surface area contributed by atoms with Crippen LogP contribution in [-0.4, -0.2) is 30.3 Å². The van der Waals surface area contributed by atoms with Gasteiger partial charge in [0.15, 0.2) is 0 Å². The summed E-state index contributed by atoms with van der Waals surface area (Å²) < 4.78 is 4.04. The van der Waals surface area contributed by atoms with E-state index in [4.69, 9.17) is 0 Å². The highest BCUT2D eigenvalue weighted by Crippen LogP contribution is 2.18. The molecule has 1 unspecified atom stereocenters. The van der Waals surface area contributed by atoms with Crippen molar-refractivity contribution < 1.29 is 5.11 Å². The predicted molar refractivity (Wildman–Crippen MR) is 86.8 cm³/mol. The SMILES string of the molecule is CCc1nccn1CC(O)Cn1cnc2cc(C)c(C)cc21. The Morgan fingerprint density at radius 1 is 1.09 bits per heavy atom. The molecule has 22 heavy (non-hydrogen) atoms. The first-order chi connectivity index (χ1) is 10.6. The fourth-order valence-electron chi connectivity index (χ4n) is 2.79. The molecule has 2 heterocycles. The number of fused-ring (bicyclic) bond motifs is 1. The largest absolute Gasteiger partial charge is 0.389 e. The highest BCUT2D eigenvalue weighted by Gasteiger charge is 2.12. The van der Waals surface area contributed by atoms with Gasteiger partial charge in [0.2, 0.25) is 0 Å². The third kappa shape index (κ3) is 2.76. The number of imidazole rings is 2. The van der Waals surface area contributed by atoms with Crippen LogP contribution in [0.5, 0.6) is 0 Å².